The topological polar surface area (TPSA) is 193 Å². The predicted octanol–water partition coefficient (Wildman–Crippen LogP) is 6.61. The largest absolute Gasteiger partial charge is 0.507 e. The fraction of sp³-hybridized carbons (Fsp3) is 0.318. The molecule has 0 aliphatic carbocycles. The number of aromatic nitrogens is 4. The van der Waals surface area contributed by atoms with Gasteiger partial charge in [-0.1, -0.05) is 62.4 Å². The van der Waals surface area contributed by atoms with E-state index in [9.17, 15) is 19.8 Å². The summed E-state index contributed by atoms with van der Waals surface area (Å²) in [5.74, 6) is -0.649. The van der Waals surface area contributed by atoms with E-state index in [4.69, 9.17) is 15.0 Å². The fourth-order valence-corrected chi connectivity index (χ4v) is 8.18. The van der Waals surface area contributed by atoms with Crippen LogP contribution in [0.25, 0.3) is 32.8 Å². The molecule has 1 aliphatic rings. The van der Waals surface area contributed by atoms with Crippen LogP contribution in [0.1, 0.15) is 56.2 Å². The number of hydrogen-bond acceptors (Lipinski definition) is 13. The number of anilines is 2. The van der Waals surface area contributed by atoms with Gasteiger partial charge in [-0.05, 0) is 71.9 Å². The minimum absolute atomic E-state index is 0.0360. The quantitative estimate of drug-likeness (QED) is 0.0921. The third-order valence-corrected chi connectivity index (χ3v) is 11.7. The second-order valence-corrected chi connectivity index (χ2v) is 16.0. The minimum Gasteiger partial charge on any atom is -0.507 e. The summed E-state index contributed by atoms with van der Waals surface area (Å²) >= 11 is 1.58. The highest BCUT2D eigenvalue weighted by atomic mass is 32.1. The van der Waals surface area contributed by atoms with Crippen LogP contribution in [0.15, 0.2) is 95.0 Å². The van der Waals surface area contributed by atoms with Gasteiger partial charge in [-0.2, -0.15) is 0 Å². The van der Waals surface area contributed by atoms with E-state index in [-0.39, 0.29) is 60.8 Å². The number of thiazole rings is 1. The van der Waals surface area contributed by atoms with Gasteiger partial charge in [0.05, 0.1) is 40.5 Å². The fourth-order valence-electron chi connectivity index (χ4n) is 7.37. The van der Waals surface area contributed by atoms with Crippen molar-refractivity contribution in [1.29, 1.82) is 0 Å². The average molecular weight is 817 g/mol. The van der Waals surface area contributed by atoms with Crippen molar-refractivity contribution in [2.45, 2.75) is 58.2 Å². The zero-order chi connectivity index (χ0) is 41.8. The number of nitrogens with one attached hydrogen (secondary N) is 1. The van der Waals surface area contributed by atoms with Gasteiger partial charge < -0.3 is 40.3 Å². The van der Waals surface area contributed by atoms with Gasteiger partial charge in [-0.25, -0.2) is 4.98 Å². The summed E-state index contributed by atoms with van der Waals surface area (Å²) in [7, 11) is 1.94. The molecule has 7 rings (SSSR count). The van der Waals surface area contributed by atoms with Crippen molar-refractivity contribution in [2.75, 3.05) is 37.4 Å². The molecule has 59 heavy (non-hydrogen) atoms. The van der Waals surface area contributed by atoms with Crippen molar-refractivity contribution in [2.24, 2.45) is 5.92 Å². The Balaban J connectivity index is 0.947. The first-order chi connectivity index (χ1) is 28.4. The molecule has 1 fully saturated rings. The number of phenolic OH excluding ortho intramolecular Hbond substituents is 1. The molecule has 0 bridgehead atoms. The molecule has 3 aromatic heterocycles. The Morgan fingerprint density at radius 2 is 1.75 bits per heavy atom. The molecule has 2 amide bonds. The molecule has 1 saturated heterocycles. The van der Waals surface area contributed by atoms with Gasteiger partial charge in [0.25, 0.3) is 5.88 Å². The predicted molar refractivity (Wildman–Crippen MR) is 227 cm³/mol. The van der Waals surface area contributed by atoms with Crippen LogP contribution in [0.3, 0.4) is 0 Å². The third kappa shape index (κ3) is 9.06. The molecule has 4 heterocycles. The smallest absolute Gasteiger partial charge is 0.254 e. The van der Waals surface area contributed by atoms with Crippen LogP contribution in [-0.2, 0) is 9.59 Å². The zero-order valence-electron chi connectivity index (χ0n) is 33.6. The number of nitrogens with two attached hydrogens (primary N) is 1. The van der Waals surface area contributed by atoms with Gasteiger partial charge in [0.2, 0.25) is 11.8 Å². The van der Waals surface area contributed by atoms with Gasteiger partial charge in [-0.15, -0.1) is 21.5 Å². The number of amides is 2. The highest BCUT2D eigenvalue weighted by molar-refractivity contribution is 7.13. The maximum Gasteiger partial charge on any atom is 0.254 e. The van der Waals surface area contributed by atoms with Crippen LogP contribution in [0.2, 0.25) is 0 Å². The number of aryl methyl sites for hydroxylation is 1. The standard InChI is InChI=1S/C44H48N8O6S/c1-25(2)40(44(56)52-23-32(53)20-36(52)43(55)47-26(3)28-10-12-30(13-11-28)41-27(4)46-24-59-41)38-22-39(50-58-38)57-19-18-51(5)31-16-14-29(15-17-31)34-21-35(48-49-42(34)45)33-8-6-7-9-37(33)54/h6-17,21-22,24-26,32,36,40,53-54H,18-20,23H2,1-5H3,(H2,45,49)(H,47,55)/t26?,32-,36+,40?/m1/s1. The molecule has 15 heteroatoms. The van der Waals surface area contributed by atoms with E-state index < -0.39 is 18.1 Å². The van der Waals surface area contributed by atoms with Gasteiger partial charge in [0.1, 0.15) is 24.3 Å². The van der Waals surface area contributed by atoms with E-state index in [0.717, 1.165) is 32.9 Å². The first-order valence-corrected chi connectivity index (χ1v) is 20.4. The number of aliphatic hydroxyl groups is 1. The number of aromatic hydroxyl groups is 1. The zero-order valence-corrected chi connectivity index (χ0v) is 34.4. The van der Waals surface area contributed by atoms with Crippen molar-refractivity contribution in [3.63, 3.8) is 0 Å². The van der Waals surface area contributed by atoms with Crippen LogP contribution >= 0.6 is 11.3 Å². The Kier molecular flexibility index (Phi) is 12.2. The van der Waals surface area contributed by atoms with Crippen LogP contribution in [0.4, 0.5) is 11.5 Å². The number of carbonyl (C=O) groups excluding carboxylic acids is 2. The highest BCUT2D eigenvalue weighted by Crippen LogP contribution is 2.35. The molecule has 0 spiro atoms. The molecule has 6 aromatic rings. The summed E-state index contributed by atoms with van der Waals surface area (Å²) in [6.45, 7) is 8.51. The third-order valence-electron chi connectivity index (χ3n) is 10.7. The maximum absolute atomic E-state index is 14.2. The lowest BCUT2D eigenvalue weighted by molar-refractivity contribution is -0.141. The van der Waals surface area contributed by atoms with Crippen molar-refractivity contribution in [3.8, 4) is 44.5 Å². The van der Waals surface area contributed by atoms with E-state index in [1.165, 1.54) is 4.90 Å². The number of β-amino-alcohol motifs (C(OH)–C–C–N with tert-alkyl or cyclic N) is 1. The summed E-state index contributed by atoms with van der Waals surface area (Å²) in [5.41, 5.74) is 14.5. The van der Waals surface area contributed by atoms with E-state index in [1.54, 1.807) is 35.6 Å². The van der Waals surface area contributed by atoms with Crippen molar-refractivity contribution < 1.29 is 29.1 Å². The van der Waals surface area contributed by atoms with Gasteiger partial charge in [-0.3, -0.25) is 9.59 Å². The molecule has 306 valence electrons. The SMILES string of the molecule is Cc1ncsc1-c1ccc(C(C)NC(=O)[C@@H]2C[C@@H](O)CN2C(=O)C(c2cc(OCCN(C)c3ccc(-c4cc(-c5ccccc5O)nnc4N)cc3)no2)C(C)C)cc1. The van der Waals surface area contributed by atoms with Gasteiger partial charge in [0, 0.05) is 42.9 Å². The van der Waals surface area contributed by atoms with Crippen molar-refractivity contribution in [1.82, 2.24) is 30.6 Å². The van der Waals surface area contributed by atoms with E-state index in [1.807, 2.05) is 106 Å². The Labute approximate surface area is 346 Å². The number of carbonyl (C=O) groups is 2. The average Bonchev–Trinajstić information content (AvgIpc) is 3.98. The lowest BCUT2D eigenvalue weighted by Crippen LogP contribution is -2.48. The lowest BCUT2D eigenvalue weighted by atomic mass is 9.91. The van der Waals surface area contributed by atoms with Crippen molar-refractivity contribution >= 4 is 34.7 Å². The minimum atomic E-state index is -0.844. The van der Waals surface area contributed by atoms with Crippen LogP contribution < -0.4 is 20.7 Å². The Morgan fingerprint density at radius 1 is 1.02 bits per heavy atom. The summed E-state index contributed by atoms with van der Waals surface area (Å²) in [5, 5.41) is 36.4. The number of likely N-dealkylation sites (N-methyl/N-ethyl adjacent to an activating group) is 1. The molecule has 4 atom stereocenters. The molecule has 5 N–H and O–H groups in total. The number of benzene rings is 3. The monoisotopic (exact) mass is 816 g/mol. The number of rotatable bonds is 14. The van der Waals surface area contributed by atoms with Gasteiger partial charge in [0.15, 0.2) is 11.6 Å². The molecule has 2 unspecified atom stereocenters. The van der Waals surface area contributed by atoms with E-state index in [0.29, 0.717) is 29.1 Å². The number of nitrogens with zero attached hydrogens (tertiary/aromatic N) is 6. The highest BCUT2D eigenvalue weighted by Gasteiger charge is 2.43. The Bertz CT molecular complexity index is 2400. The first-order valence-electron chi connectivity index (χ1n) is 19.5. The number of hydrogen-bond donors (Lipinski definition) is 4. The normalized spacial score (nSPS) is 16.2. The molecule has 0 radical (unpaired) electrons. The second-order valence-electron chi connectivity index (χ2n) is 15.2. The number of phenols is 1. The summed E-state index contributed by atoms with van der Waals surface area (Å²) in [6.07, 6.45) is -0.704. The number of aliphatic hydroxyl groups excluding tert-OH is 1. The summed E-state index contributed by atoms with van der Waals surface area (Å²) in [4.78, 5) is 36.7. The Morgan fingerprint density at radius 3 is 2.44 bits per heavy atom. The van der Waals surface area contributed by atoms with Gasteiger partial charge >= 0.3 is 0 Å². The summed E-state index contributed by atoms with van der Waals surface area (Å²) < 4.78 is 11.6. The van der Waals surface area contributed by atoms with Crippen LogP contribution in [0, 0.1) is 12.8 Å². The first kappa shape index (κ1) is 40.9. The summed E-state index contributed by atoms with van der Waals surface area (Å²) in [6, 6.07) is 25.0. The molecule has 1 aliphatic heterocycles. The maximum atomic E-state index is 14.2. The van der Waals surface area contributed by atoms with Crippen molar-refractivity contribution in [3.05, 3.63) is 107 Å². The van der Waals surface area contributed by atoms with E-state index in [2.05, 4.69) is 25.7 Å². The van der Waals surface area contributed by atoms with Crippen LogP contribution in [-0.4, -0.2) is 86.2 Å². The Hall–Kier alpha value is -6.32. The number of nitrogen functional groups attached to an aromatic ring is 1. The van der Waals surface area contributed by atoms with Crippen LogP contribution in [0.5, 0.6) is 11.6 Å². The second kappa shape index (κ2) is 17.7. The van der Waals surface area contributed by atoms with E-state index >= 15 is 0 Å². The molecule has 0 saturated carbocycles. The molecular weight excluding hydrogens is 769 g/mol. The number of ether oxygens (including phenoxy) is 1. The number of likely N-dealkylation sites (tertiary alicyclic amines) is 1. The molecular formula is C44H48N8O6S. The molecule has 3 aromatic carbocycles. The molecule has 14 nitrogen and oxygen atoms in total. The lowest BCUT2D eigenvalue weighted by Gasteiger charge is -2.29. The number of para-hydroxylation sites is 1.